The molecule has 0 bridgehead atoms. The molecule has 0 aliphatic carbocycles. The van der Waals surface area contributed by atoms with Crippen LogP contribution in [0, 0.1) is 6.92 Å². The lowest BCUT2D eigenvalue weighted by Gasteiger charge is -2.03. The molecule has 2 rings (SSSR count). The van der Waals surface area contributed by atoms with Gasteiger partial charge in [0.1, 0.15) is 16.9 Å². The molecule has 4 nitrogen and oxygen atoms in total. The van der Waals surface area contributed by atoms with Crippen molar-refractivity contribution >= 4 is 32.7 Å². The third-order valence-electron chi connectivity index (χ3n) is 2.47. The molecular formula is C12H9BrO4. The largest absolute Gasteiger partial charge is 0.508 e. The minimum absolute atomic E-state index is 0.0168. The lowest BCUT2D eigenvalue weighted by Crippen LogP contribution is -2.14. The Morgan fingerprint density at radius 3 is 2.76 bits per heavy atom. The van der Waals surface area contributed by atoms with Gasteiger partial charge in [-0.25, -0.2) is 4.79 Å². The molecule has 0 radical (unpaired) electrons. The van der Waals surface area contributed by atoms with Crippen LogP contribution in [-0.4, -0.2) is 16.2 Å². The lowest BCUT2D eigenvalue weighted by atomic mass is 10.1. The van der Waals surface area contributed by atoms with Gasteiger partial charge in [-0.05, 0) is 24.6 Å². The number of ketones is 1. The summed E-state index contributed by atoms with van der Waals surface area (Å²) in [5.74, 6) is -0.300. The molecule has 1 heterocycles. The molecule has 17 heavy (non-hydrogen) atoms. The number of alkyl halides is 1. The van der Waals surface area contributed by atoms with Crippen molar-refractivity contribution < 1.29 is 14.3 Å². The monoisotopic (exact) mass is 296 g/mol. The number of hydrogen-bond donors (Lipinski definition) is 1. The fourth-order valence-corrected chi connectivity index (χ4v) is 1.94. The van der Waals surface area contributed by atoms with Crippen LogP contribution < -0.4 is 5.63 Å². The number of aromatic hydroxyl groups is 1. The number of carbonyl (C=O) groups excluding carboxylic acids is 1. The number of halogens is 1. The minimum atomic E-state index is -0.688. The Labute approximate surface area is 105 Å². The van der Waals surface area contributed by atoms with Crippen molar-refractivity contribution in [3.63, 3.8) is 0 Å². The Bertz CT molecular complexity index is 657. The average Bonchev–Trinajstić information content (AvgIpc) is 2.27. The molecule has 0 aliphatic rings. The first-order chi connectivity index (χ1) is 8.02. The highest BCUT2D eigenvalue weighted by molar-refractivity contribution is 9.09. The number of Topliss-reactive ketones (excluding diaryl/α,β-unsaturated/α-hetero) is 1. The normalized spacial score (nSPS) is 10.7. The zero-order valence-corrected chi connectivity index (χ0v) is 10.6. The molecule has 1 aromatic carbocycles. The van der Waals surface area contributed by atoms with Crippen LogP contribution in [-0.2, 0) is 0 Å². The van der Waals surface area contributed by atoms with E-state index in [9.17, 15) is 14.7 Å². The zero-order chi connectivity index (χ0) is 12.6. The third kappa shape index (κ3) is 2.10. The van der Waals surface area contributed by atoms with Gasteiger partial charge in [0.25, 0.3) is 0 Å². The number of phenols is 1. The molecule has 2 aromatic rings. The van der Waals surface area contributed by atoms with Crippen molar-refractivity contribution in [2.24, 2.45) is 0 Å². The second kappa shape index (κ2) is 4.33. The van der Waals surface area contributed by atoms with Gasteiger partial charge in [0.15, 0.2) is 5.78 Å². The van der Waals surface area contributed by atoms with Crippen LogP contribution in [0.15, 0.2) is 27.4 Å². The molecule has 1 N–H and O–H groups in total. The summed E-state index contributed by atoms with van der Waals surface area (Å²) >= 11 is 3.01. The summed E-state index contributed by atoms with van der Waals surface area (Å²) in [6.45, 7) is 1.77. The Kier molecular flexibility index (Phi) is 3.02. The van der Waals surface area contributed by atoms with E-state index in [0.717, 1.165) is 5.56 Å². The SMILES string of the molecule is Cc1cc(O)cc2oc(=O)c(C(=O)CBr)cc12. The Morgan fingerprint density at radius 1 is 1.41 bits per heavy atom. The highest BCUT2D eigenvalue weighted by Gasteiger charge is 2.13. The summed E-state index contributed by atoms with van der Waals surface area (Å²) in [5.41, 5.74) is 0.348. The standard InChI is InChI=1S/C12H9BrO4/c1-6-2-7(14)3-11-8(6)4-9(10(15)5-13)12(16)17-11/h2-4,14H,5H2,1H3. The fraction of sp³-hybridized carbons (Fsp3) is 0.167. The maximum atomic E-state index is 11.6. The first kappa shape index (κ1) is 11.9. The number of benzene rings is 1. The third-order valence-corrected chi connectivity index (χ3v) is 2.98. The van der Waals surface area contributed by atoms with Gasteiger partial charge >= 0.3 is 5.63 Å². The second-order valence-electron chi connectivity index (χ2n) is 3.68. The summed E-state index contributed by atoms with van der Waals surface area (Å²) in [5, 5.41) is 10.1. The van der Waals surface area contributed by atoms with Gasteiger partial charge in [-0.2, -0.15) is 0 Å². The minimum Gasteiger partial charge on any atom is -0.508 e. The summed E-state index contributed by atoms with van der Waals surface area (Å²) < 4.78 is 5.02. The van der Waals surface area contributed by atoms with Gasteiger partial charge in [-0.3, -0.25) is 4.79 Å². The van der Waals surface area contributed by atoms with Crippen molar-refractivity contribution in [2.75, 3.05) is 5.33 Å². The molecule has 0 atom stereocenters. The van der Waals surface area contributed by atoms with Gasteiger partial charge in [-0.15, -0.1) is 0 Å². The van der Waals surface area contributed by atoms with Crippen molar-refractivity contribution in [1.29, 1.82) is 0 Å². The van der Waals surface area contributed by atoms with E-state index >= 15 is 0 Å². The summed E-state index contributed by atoms with van der Waals surface area (Å²) in [6.07, 6.45) is 0. The molecule has 1 aromatic heterocycles. The van der Waals surface area contributed by atoms with E-state index in [-0.39, 0.29) is 28.0 Å². The van der Waals surface area contributed by atoms with Crippen LogP contribution in [0.3, 0.4) is 0 Å². The van der Waals surface area contributed by atoms with E-state index in [0.29, 0.717) is 5.39 Å². The predicted octanol–water partition coefficient (Wildman–Crippen LogP) is 2.38. The van der Waals surface area contributed by atoms with Crippen LogP contribution in [0.25, 0.3) is 11.0 Å². The first-order valence-electron chi connectivity index (χ1n) is 4.89. The maximum Gasteiger partial charge on any atom is 0.347 e. The highest BCUT2D eigenvalue weighted by Crippen LogP contribution is 2.23. The number of aryl methyl sites for hydroxylation is 1. The molecule has 0 saturated heterocycles. The van der Waals surface area contributed by atoms with Crippen LogP contribution in [0.1, 0.15) is 15.9 Å². The number of hydrogen-bond acceptors (Lipinski definition) is 4. The van der Waals surface area contributed by atoms with Crippen LogP contribution in [0.4, 0.5) is 0 Å². The molecule has 0 unspecified atom stereocenters. The maximum absolute atomic E-state index is 11.6. The second-order valence-corrected chi connectivity index (χ2v) is 4.24. The van der Waals surface area contributed by atoms with Gasteiger partial charge in [0, 0.05) is 11.5 Å². The molecular weight excluding hydrogens is 288 g/mol. The molecule has 0 fully saturated rings. The molecule has 0 spiro atoms. The van der Waals surface area contributed by atoms with E-state index in [1.807, 2.05) is 0 Å². The molecule has 88 valence electrons. The summed E-state index contributed by atoms with van der Waals surface area (Å²) in [7, 11) is 0. The van der Waals surface area contributed by atoms with E-state index in [1.54, 1.807) is 13.0 Å². The van der Waals surface area contributed by atoms with E-state index < -0.39 is 5.63 Å². The molecule has 5 heteroatoms. The Hall–Kier alpha value is -1.62. The zero-order valence-electron chi connectivity index (χ0n) is 8.99. The van der Waals surface area contributed by atoms with Crippen molar-refractivity contribution in [3.05, 3.63) is 39.7 Å². The average molecular weight is 297 g/mol. The van der Waals surface area contributed by atoms with Crippen molar-refractivity contribution in [2.45, 2.75) is 6.92 Å². The summed E-state index contributed by atoms with van der Waals surface area (Å²) in [4.78, 5) is 23.1. The van der Waals surface area contributed by atoms with E-state index in [1.165, 1.54) is 12.1 Å². The molecule has 0 saturated carbocycles. The predicted molar refractivity (Wildman–Crippen MR) is 67.0 cm³/mol. The topological polar surface area (TPSA) is 67.5 Å². The van der Waals surface area contributed by atoms with Crippen molar-refractivity contribution in [1.82, 2.24) is 0 Å². The lowest BCUT2D eigenvalue weighted by molar-refractivity contribution is 0.102. The van der Waals surface area contributed by atoms with Crippen LogP contribution in [0.2, 0.25) is 0 Å². The fourth-order valence-electron chi connectivity index (χ4n) is 1.64. The Morgan fingerprint density at radius 2 is 2.12 bits per heavy atom. The van der Waals surface area contributed by atoms with Gasteiger partial charge < -0.3 is 9.52 Å². The van der Waals surface area contributed by atoms with Crippen molar-refractivity contribution in [3.8, 4) is 5.75 Å². The number of rotatable bonds is 2. The molecule has 0 amide bonds. The van der Waals surface area contributed by atoms with Crippen LogP contribution >= 0.6 is 15.9 Å². The number of carbonyl (C=O) groups is 1. The quantitative estimate of drug-likeness (QED) is 0.525. The smallest absolute Gasteiger partial charge is 0.347 e. The van der Waals surface area contributed by atoms with Crippen LogP contribution in [0.5, 0.6) is 5.75 Å². The first-order valence-corrected chi connectivity index (χ1v) is 6.01. The van der Waals surface area contributed by atoms with Gasteiger partial charge in [0.05, 0.1) is 5.33 Å². The van der Waals surface area contributed by atoms with E-state index in [2.05, 4.69) is 15.9 Å². The van der Waals surface area contributed by atoms with E-state index in [4.69, 9.17) is 4.42 Å². The van der Waals surface area contributed by atoms with Gasteiger partial charge in [-0.1, -0.05) is 15.9 Å². The van der Waals surface area contributed by atoms with Gasteiger partial charge in [0.2, 0.25) is 0 Å². The summed E-state index contributed by atoms with van der Waals surface area (Å²) in [6, 6.07) is 4.40. The Balaban J connectivity index is 2.81. The number of fused-ring (bicyclic) bond motifs is 1. The highest BCUT2D eigenvalue weighted by atomic mass is 79.9. The molecule has 0 aliphatic heterocycles. The number of phenolic OH excluding ortho intramolecular Hbond substituents is 1.